The molecule has 6 nitrogen and oxygen atoms in total. The van der Waals surface area contributed by atoms with Crippen LogP contribution in [0.5, 0.6) is 0 Å². The van der Waals surface area contributed by atoms with E-state index < -0.39 is 5.97 Å². The van der Waals surface area contributed by atoms with Gasteiger partial charge in [-0.15, -0.1) is 0 Å². The maximum absolute atomic E-state index is 11.5. The largest absolute Gasteiger partial charge is 0.378 e. The molecule has 1 saturated heterocycles. The average Bonchev–Trinajstić information content (AvgIpc) is 2.71. The lowest BCUT2D eigenvalue weighted by Crippen LogP contribution is -2.29. The molecular weight excluding hydrogens is 220 g/mol. The van der Waals surface area contributed by atoms with Gasteiger partial charge in [-0.1, -0.05) is 23.8 Å². The zero-order valence-electron chi connectivity index (χ0n) is 9.52. The van der Waals surface area contributed by atoms with E-state index in [1.807, 2.05) is 31.2 Å². The Balaban J connectivity index is 2.50. The summed E-state index contributed by atoms with van der Waals surface area (Å²) < 4.78 is 0. The van der Waals surface area contributed by atoms with Gasteiger partial charge < -0.3 is 4.84 Å². The quantitative estimate of drug-likeness (QED) is 0.604. The minimum Gasteiger partial charge on any atom is -0.345 e. The molecule has 6 heteroatoms. The number of hydrogen-bond acceptors (Lipinski definition) is 6. The van der Waals surface area contributed by atoms with Crippen molar-refractivity contribution in [3.05, 3.63) is 41.2 Å². The summed E-state index contributed by atoms with van der Waals surface area (Å²) in [6.45, 7) is 3.51. The van der Waals surface area contributed by atoms with E-state index in [1.54, 1.807) is 6.92 Å². The molecule has 2 N–H and O–H groups in total. The third-order valence-corrected chi connectivity index (χ3v) is 2.51. The number of nitrogens with zero attached hydrogens (tertiary/aromatic N) is 2. The molecule has 1 heterocycles. The number of anilines is 1. The number of nitrogens with one attached hydrogen (secondary N) is 2. The number of para-hydroxylation sites is 1. The molecule has 0 bridgehead atoms. The molecule has 1 aliphatic rings. The first-order valence-corrected chi connectivity index (χ1v) is 5.06. The molecule has 0 aromatic heterocycles. The highest BCUT2D eigenvalue weighted by Gasteiger charge is 2.32. The van der Waals surface area contributed by atoms with Crippen molar-refractivity contribution in [3.8, 4) is 0 Å². The number of hydrazine groups is 1. The summed E-state index contributed by atoms with van der Waals surface area (Å²) in [4.78, 5) is 16.3. The first-order chi connectivity index (χ1) is 8.15. The molecule has 0 unspecified atom stereocenters. The Bertz CT molecular complexity index is 510. The number of benzene rings is 1. The van der Waals surface area contributed by atoms with Crippen LogP contribution >= 0.6 is 0 Å². The zero-order valence-corrected chi connectivity index (χ0v) is 9.52. The third kappa shape index (κ3) is 1.90. The molecule has 0 saturated carbocycles. The van der Waals surface area contributed by atoms with Crippen molar-refractivity contribution in [2.24, 2.45) is 5.11 Å². The van der Waals surface area contributed by atoms with Crippen LogP contribution in [0.15, 0.2) is 40.8 Å². The van der Waals surface area contributed by atoms with Crippen LogP contribution in [0.1, 0.15) is 12.5 Å². The topological polar surface area (TPSA) is 77.8 Å². The Labute approximate surface area is 98.3 Å². The van der Waals surface area contributed by atoms with Crippen LogP contribution in [-0.4, -0.2) is 5.97 Å². The second-order valence-electron chi connectivity index (χ2n) is 3.65. The molecule has 1 fully saturated rings. The van der Waals surface area contributed by atoms with E-state index in [0.29, 0.717) is 5.70 Å². The summed E-state index contributed by atoms with van der Waals surface area (Å²) in [6, 6.07) is 7.53. The fourth-order valence-electron chi connectivity index (χ4n) is 1.62. The first kappa shape index (κ1) is 11.3. The zero-order chi connectivity index (χ0) is 12.4. The van der Waals surface area contributed by atoms with Gasteiger partial charge >= 0.3 is 5.97 Å². The van der Waals surface area contributed by atoms with E-state index in [2.05, 4.69) is 10.7 Å². The number of carbonyl (C=O) groups excluding carboxylic acids is 1. The Morgan fingerprint density at radius 2 is 2.18 bits per heavy atom. The Morgan fingerprint density at radius 1 is 1.47 bits per heavy atom. The minimum absolute atomic E-state index is 0.231. The van der Waals surface area contributed by atoms with Crippen molar-refractivity contribution < 1.29 is 9.63 Å². The molecule has 17 heavy (non-hydrogen) atoms. The molecule has 1 aromatic rings. The predicted octanol–water partition coefficient (Wildman–Crippen LogP) is 2.04. The second kappa shape index (κ2) is 4.34. The van der Waals surface area contributed by atoms with Crippen molar-refractivity contribution in [3.63, 3.8) is 0 Å². The summed E-state index contributed by atoms with van der Waals surface area (Å²) in [7, 11) is 0. The Morgan fingerprint density at radius 3 is 2.82 bits per heavy atom. The number of aryl methyl sites for hydroxylation is 1. The van der Waals surface area contributed by atoms with Crippen LogP contribution < -0.4 is 10.6 Å². The van der Waals surface area contributed by atoms with Gasteiger partial charge in [0.2, 0.25) is 0 Å². The van der Waals surface area contributed by atoms with E-state index in [9.17, 15) is 4.79 Å². The van der Waals surface area contributed by atoms with Crippen LogP contribution in [0.2, 0.25) is 0 Å². The summed E-state index contributed by atoms with van der Waals surface area (Å²) in [6.07, 6.45) is 0. The van der Waals surface area contributed by atoms with Crippen molar-refractivity contribution in [1.82, 2.24) is 5.59 Å². The molecule has 0 amide bonds. The van der Waals surface area contributed by atoms with Gasteiger partial charge in [-0.05, 0) is 25.5 Å². The normalized spacial score (nSPS) is 18.0. The van der Waals surface area contributed by atoms with E-state index in [1.165, 1.54) is 5.01 Å². The maximum atomic E-state index is 11.5. The van der Waals surface area contributed by atoms with E-state index in [-0.39, 0.29) is 5.70 Å². The molecular formula is C11H12N4O2. The monoisotopic (exact) mass is 232 g/mol. The lowest BCUT2D eigenvalue weighted by Gasteiger charge is -2.17. The van der Waals surface area contributed by atoms with Crippen LogP contribution in [0, 0.1) is 12.5 Å². The fourth-order valence-corrected chi connectivity index (χ4v) is 1.62. The van der Waals surface area contributed by atoms with Crippen LogP contribution in [0.4, 0.5) is 5.69 Å². The highest BCUT2D eigenvalue weighted by molar-refractivity contribution is 5.95. The third-order valence-electron chi connectivity index (χ3n) is 2.51. The molecule has 0 atom stereocenters. The second-order valence-corrected chi connectivity index (χ2v) is 3.65. The molecule has 88 valence electrons. The van der Waals surface area contributed by atoms with Crippen molar-refractivity contribution in [2.75, 3.05) is 5.01 Å². The van der Waals surface area contributed by atoms with Gasteiger partial charge in [0.1, 0.15) is 0 Å². The smallest absolute Gasteiger partial charge is 0.345 e. The Kier molecular flexibility index (Phi) is 2.88. The van der Waals surface area contributed by atoms with Crippen LogP contribution in [-0.2, 0) is 9.63 Å². The lowest BCUT2D eigenvalue weighted by atomic mass is 10.2. The predicted molar refractivity (Wildman–Crippen MR) is 60.7 cm³/mol. The highest BCUT2D eigenvalue weighted by Crippen LogP contribution is 2.27. The number of hydrogen-bond donors (Lipinski definition) is 2. The highest BCUT2D eigenvalue weighted by atomic mass is 16.7. The summed E-state index contributed by atoms with van der Waals surface area (Å²) >= 11 is 0. The van der Waals surface area contributed by atoms with Gasteiger partial charge in [-0.3, -0.25) is 0 Å². The molecule has 1 aliphatic heterocycles. The van der Waals surface area contributed by atoms with Crippen LogP contribution in [0.3, 0.4) is 0 Å². The number of allylic oxidation sites excluding steroid dienone is 1. The van der Waals surface area contributed by atoms with Gasteiger partial charge in [0, 0.05) is 0 Å². The number of rotatable bonds is 2. The van der Waals surface area contributed by atoms with Crippen LogP contribution in [0.25, 0.3) is 0 Å². The minimum atomic E-state index is -0.540. The summed E-state index contributed by atoms with van der Waals surface area (Å²) in [5, 5.41) is 4.76. The fraction of sp³-hybridized carbons (Fsp3) is 0.182. The first-order valence-electron chi connectivity index (χ1n) is 5.06. The summed E-state index contributed by atoms with van der Waals surface area (Å²) in [5.74, 6) is -0.540. The molecule has 1 aromatic carbocycles. The van der Waals surface area contributed by atoms with Crippen molar-refractivity contribution >= 4 is 11.7 Å². The SMILES string of the molecule is C/C(N=N)=C1/C(=O)ONN1c1ccccc1C. The standard InChI is InChI=1S/C11H12N4O2/c1-7-5-3-4-6-9(7)15-10(8(2)13-12)11(16)17-14-15/h3-6,12,14H,1-2H3/b10-8+,13-12?. The molecule has 2 rings (SSSR count). The molecule has 0 radical (unpaired) electrons. The Hall–Kier alpha value is -2.21. The van der Waals surface area contributed by atoms with Gasteiger partial charge in [0.05, 0.1) is 11.4 Å². The van der Waals surface area contributed by atoms with Gasteiger partial charge in [0.15, 0.2) is 5.70 Å². The molecule has 0 aliphatic carbocycles. The maximum Gasteiger partial charge on any atom is 0.378 e. The van der Waals surface area contributed by atoms with Gasteiger partial charge in [-0.25, -0.2) is 15.3 Å². The van der Waals surface area contributed by atoms with Crippen molar-refractivity contribution in [1.29, 1.82) is 5.53 Å². The van der Waals surface area contributed by atoms with Gasteiger partial charge in [0.25, 0.3) is 0 Å². The van der Waals surface area contributed by atoms with E-state index in [0.717, 1.165) is 11.3 Å². The lowest BCUT2D eigenvalue weighted by molar-refractivity contribution is -0.140. The average molecular weight is 232 g/mol. The van der Waals surface area contributed by atoms with Crippen molar-refractivity contribution in [2.45, 2.75) is 13.8 Å². The summed E-state index contributed by atoms with van der Waals surface area (Å²) in [5.41, 5.74) is 11.8. The van der Waals surface area contributed by atoms with Gasteiger partial charge in [-0.2, -0.15) is 5.11 Å². The van der Waals surface area contributed by atoms with E-state index >= 15 is 0 Å². The van der Waals surface area contributed by atoms with E-state index in [4.69, 9.17) is 10.4 Å². The number of carbonyl (C=O) groups is 1. The molecule has 0 spiro atoms.